The monoisotopic (exact) mass is 563 g/mol. The van der Waals surface area contributed by atoms with Gasteiger partial charge in [0.15, 0.2) is 0 Å². The first-order chi connectivity index (χ1) is 18.4. The third-order valence-corrected chi connectivity index (χ3v) is 8.82. The lowest BCUT2D eigenvalue weighted by molar-refractivity contribution is -0.140. The van der Waals surface area contributed by atoms with Crippen LogP contribution in [0.2, 0.25) is 0 Å². The largest absolute Gasteiger partial charge is 0.390 e. The standard InChI is InChI=1S/C27H29F4N5O2S/c1-18-7-9-33-16-26(18)39(37,38)36-12-11-35(10-8-27(29,30)31)25(17-36)23-14-20(15-32)24(13-19(23)2)34-22-5-3-21(28)4-6-22/h3-7,9,13-16,25,32,34H,8,10-12,17H2,1-2H3/t25-/m0/s1. The predicted octanol–water partition coefficient (Wildman–Crippen LogP) is 5.58. The van der Waals surface area contributed by atoms with Gasteiger partial charge in [0, 0.05) is 67.8 Å². The Kier molecular flexibility index (Phi) is 8.38. The van der Waals surface area contributed by atoms with E-state index in [9.17, 15) is 26.0 Å². The normalized spacial score (nSPS) is 17.2. The predicted molar refractivity (Wildman–Crippen MR) is 141 cm³/mol. The van der Waals surface area contributed by atoms with E-state index >= 15 is 0 Å². The minimum atomic E-state index is -4.36. The lowest BCUT2D eigenvalue weighted by Gasteiger charge is -2.42. The van der Waals surface area contributed by atoms with E-state index in [4.69, 9.17) is 5.41 Å². The molecule has 0 unspecified atom stereocenters. The van der Waals surface area contributed by atoms with Crippen molar-refractivity contribution in [3.05, 3.63) is 82.9 Å². The minimum absolute atomic E-state index is 0.0334. The second kappa shape index (κ2) is 11.4. The quantitative estimate of drug-likeness (QED) is 0.276. The van der Waals surface area contributed by atoms with E-state index in [2.05, 4.69) is 10.3 Å². The van der Waals surface area contributed by atoms with Crippen molar-refractivity contribution in [3.63, 3.8) is 0 Å². The van der Waals surface area contributed by atoms with Crippen LogP contribution in [0.25, 0.3) is 0 Å². The number of hydrogen-bond donors (Lipinski definition) is 2. The Balaban J connectivity index is 1.70. The van der Waals surface area contributed by atoms with Gasteiger partial charge in [-0.05, 0) is 73.0 Å². The van der Waals surface area contributed by atoms with Gasteiger partial charge >= 0.3 is 6.18 Å². The molecule has 1 saturated heterocycles. The van der Waals surface area contributed by atoms with Crippen molar-refractivity contribution in [1.29, 1.82) is 5.41 Å². The Morgan fingerprint density at radius 2 is 1.82 bits per heavy atom. The van der Waals surface area contributed by atoms with Crippen molar-refractivity contribution in [1.82, 2.24) is 14.2 Å². The molecule has 7 nitrogen and oxygen atoms in total. The van der Waals surface area contributed by atoms with Crippen LogP contribution in [0.5, 0.6) is 0 Å². The van der Waals surface area contributed by atoms with Gasteiger partial charge in [-0.25, -0.2) is 12.8 Å². The van der Waals surface area contributed by atoms with Crippen molar-refractivity contribution < 1.29 is 26.0 Å². The maximum absolute atomic E-state index is 13.5. The first-order valence-corrected chi connectivity index (χ1v) is 13.7. The average molecular weight is 564 g/mol. The summed E-state index contributed by atoms with van der Waals surface area (Å²) in [5.74, 6) is -0.392. The molecule has 12 heteroatoms. The number of alkyl halides is 3. The number of pyridine rings is 1. The van der Waals surface area contributed by atoms with Crippen LogP contribution in [0.4, 0.5) is 28.9 Å². The molecule has 0 saturated carbocycles. The maximum atomic E-state index is 13.5. The van der Waals surface area contributed by atoms with E-state index in [1.165, 1.54) is 28.8 Å². The zero-order valence-electron chi connectivity index (χ0n) is 21.5. The third-order valence-electron chi connectivity index (χ3n) is 6.82. The van der Waals surface area contributed by atoms with Crippen molar-refractivity contribution in [2.24, 2.45) is 0 Å². The Morgan fingerprint density at radius 1 is 1.10 bits per heavy atom. The zero-order valence-corrected chi connectivity index (χ0v) is 22.3. The molecule has 2 heterocycles. The van der Waals surface area contributed by atoms with Crippen molar-refractivity contribution in [3.8, 4) is 0 Å². The van der Waals surface area contributed by atoms with Gasteiger partial charge in [-0.1, -0.05) is 0 Å². The van der Waals surface area contributed by atoms with Crippen molar-refractivity contribution in [2.75, 3.05) is 31.5 Å². The molecule has 1 aliphatic rings. The first-order valence-electron chi connectivity index (χ1n) is 12.3. The molecule has 0 spiro atoms. The van der Waals surface area contributed by atoms with E-state index in [0.717, 1.165) is 6.21 Å². The summed E-state index contributed by atoms with van der Waals surface area (Å²) >= 11 is 0. The van der Waals surface area contributed by atoms with Crippen LogP contribution in [-0.4, -0.2) is 61.2 Å². The summed E-state index contributed by atoms with van der Waals surface area (Å²) in [5.41, 5.74) is 3.48. The summed E-state index contributed by atoms with van der Waals surface area (Å²) in [6, 6.07) is 10.1. The highest BCUT2D eigenvalue weighted by Crippen LogP contribution is 2.35. The van der Waals surface area contributed by atoms with Crippen LogP contribution >= 0.6 is 0 Å². The minimum Gasteiger partial charge on any atom is -0.355 e. The zero-order chi connectivity index (χ0) is 28.4. The molecule has 208 valence electrons. The highest BCUT2D eigenvalue weighted by Gasteiger charge is 2.38. The fourth-order valence-electron chi connectivity index (χ4n) is 4.72. The second-order valence-electron chi connectivity index (χ2n) is 9.49. The molecule has 0 aliphatic carbocycles. The molecule has 2 aromatic carbocycles. The lowest BCUT2D eigenvalue weighted by atomic mass is 9.94. The number of nitrogens with zero attached hydrogens (tertiary/aromatic N) is 3. The maximum Gasteiger partial charge on any atom is 0.390 e. The van der Waals surface area contributed by atoms with Crippen LogP contribution < -0.4 is 5.32 Å². The molecule has 0 radical (unpaired) electrons. The van der Waals surface area contributed by atoms with Crippen molar-refractivity contribution in [2.45, 2.75) is 37.4 Å². The molecule has 3 aromatic rings. The summed E-state index contributed by atoms with van der Waals surface area (Å²) in [6.45, 7) is 3.25. The molecule has 1 aromatic heterocycles. The fraction of sp³-hybridized carbons (Fsp3) is 0.333. The first kappa shape index (κ1) is 28.7. The summed E-state index contributed by atoms with van der Waals surface area (Å²) < 4.78 is 81.1. The second-order valence-corrected chi connectivity index (χ2v) is 11.4. The summed E-state index contributed by atoms with van der Waals surface area (Å²) in [5, 5.41) is 11.1. The number of nitrogens with one attached hydrogen (secondary N) is 2. The Labute approximate surface area is 225 Å². The van der Waals surface area contributed by atoms with Gasteiger partial charge in [0.05, 0.1) is 6.42 Å². The number of halogens is 4. The number of sulfonamides is 1. The van der Waals surface area contributed by atoms with Gasteiger partial charge in [0.2, 0.25) is 10.0 Å². The topological polar surface area (TPSA) is 89.4 Å². The number of rotatable bonds is 8. The van der Waals surface area contributed by atoms with Crippen LogP contribution in [-0.2, 0) is 10.0 Å². The highest BCUT2D eigenvalue weighted by molar-refractivity contribution is 7.89. The third kappa shape index (κ3) is 6.63. The molecule has 2 N–H and O–H groups in total. The molecule has 1 atom stereocenters. The molecular weight excluding hydrogens is 534 g/mol. The van der Waals surface area contributed by atoms with Crippen LogP contribution in [0.15, 0.2) is 59.8 Å². The van der Waals surface area contributed by atoms with Gasteiger partial charge in [0.25, 0.3) is 0 Å². The molecule has 4 rings (SSSR count). The Bertz CT molecular complexity index is 1450. The van der Waals surface area contributed by atoms with E-state index in [-0.39, 0.29) is 31.1 Å². The number of benzene rings is 2. The summed E-state index contributed by atoms with van der Waals surface area (Å²) in [7, 11) is -3.95. The molecule has 0 bridgehead atoms. The highest BCUT2D eigenvalue weighted by atomic mass is 32.2. The number of aryl methyl sites for hydroxylation is 2. The van der Waals surface area contributed by atoms with Gasteiger partial charge in [-0.2, -0.15) is 17.5 Å². The van der Waals surface area contributed by atoms with Gasteiger partial charge in [-0.15, -0.1) is 0 Å². The molecular formula is C27H29F4N5O2S. The van der Waals surface area contributed by atoms with Gasteiger partial charge < -0.3 is 10.7 Å². The van der Waals surface area contributed by atoms with E-state index in [0.29, 0.717) is 33.6 Å². The van der Waals surface area contributed by atoms with Crippen LogP contribution in [0.1, 0.15) is 34.7 Å². The number of piperazine rings is 1. The van der Waals surface area contributed by atoms with Crippen molar-refractivity contribution >= 4 is 27.6 Å². The van der Waals surface area contributed by atoms with E-state index < -0.39 is 34.5 Å². The molecule has 1 aliphatic heterocycles. The van der Waals surface area contributed by atoms with E-state index in [1.807, 2.05) is 0 Å². The summed E-state index contributed by atoms with van der Waals surface area (Å²) in [6.07, 6.45) is -1.50. The van der Waals surface area contributed by atoms with Gasteiger partial charge in [-0.3, -0.25) is 9.88 Å². The van der Waals surface area contributed by atoms with E-state index in [1.54, 1.807) is 49.1 Å². The fourth-order valence-corrected chi connectivity index (χ4v) is 6.33. The molecule has 39 heavy (non-hydrogen) atoms. The summed E-state index contributed by atoms with van der Waals surface area (Å²) in [4.78, 5) is 5.66. The lowest BCUT2D eigenvalue weighted by Crippen LogP contribution is -2.51. The average Bonchev–Trinajstić information content (AvgIpc) is 2.88. The SMILES string of the molecule is Cc1cc(Nc2ccc(F)cc2)c(C=N)cc1[C@@H]1CN(S(=O)(=O)c2cnccc2C)CCN1CCC(F)(F)F. The molecule has 1 fully saturated rings. The Morgan fingerprint density at radius 3 is 2.46 bits per heavy atom. The molecule has 0 amide bonds. The number of hydrogen-bond acceptors (Lipinski definition) is 6. The van der Waals surface area contributed by atoms with Crippen LogP contribution in [0.3, 0.4) is 0 Å². The smallest absolute Gasteiger partial charge is 0.355 e. The number of aromatic nitrogens is 1. The van der Waals surface area contributed by atoms with Crippen LogP contribution in [0, 0.1) is 25.1 Å². The Hall–Kier alpha value is -3.35. The van der Waals surface area contributed by atoms with Gasteiger partial charge in [0.1, 0.15) is 10.7 Å². The number of anilines is 2.